The van der Waals surface area contributed by atoms with Gasteiger partial charge < -0.3 is 9.32 Å². The zero-order valence-corrected chi connectivity index (χ0v) is 17.5. The second-order valence-corrected chi connectivity index (χ2v) is 8.79. The minimum absolute atomic E-state index is 0.273. The van der Waals surface area contributed by atoms with E-state index in [0.717, 1.165) is 18.9 Å². The van der Waals surface area contributed by atoms with Crippen molar-refractivity contribution in [2.45, 2.75) is 45.1 Å². The Balaban J connectivity index is 1.55. The zero-order chi connectivity index (χ0) is 21.8. The van der Waals surface area contributed by atoms with E-state index in [4.69, 9.17) is 9.40 Å². The van der Waals surface area contributed by atoms with Crippen molar-refractivity contribution in [3.63, 3.8) is 0 Å². The van der Waals surface area contributed by atoms with Gasteiger partial charge >= 0.3 is 0 Å². The summed E-state index contributed by atoms with van der Waals surface area (Å²) in [6, 6.07) is 5.13. The van der Waals surface area contributed by atoms with Gasteiger partial charge in [0, 0.05) is 23.7 Å². The summed E-state index contributed by atoms with van der Waals surface area (Å²) >= 11 is 0. The molecule has 0 spiro atoms. The summed E-state index contributed by atoms with van der Waals surface area (Å²) < 4.78 is 35.7. The molecule has 1 aromatic carbocycles. The Hall–Kier alpha value is -3.36. The molecule has 1 unspecified atom stereocenters. The first-order valence-electron chi connectivity index (χ1n) is 10.2. The molecule has 5 rings (SSSR count). The molecule has 0 saturated carbocycles. The summed E-state index contributed by atoms with van der Waals surface area (Å²) in [5.41, 5.74) is 1.26. The Bertz CT molecular complexity index is 1260. The van der Waals surface area contributed by atoms with Gasteiger partial charge in [-0.05, 0) is 37.1 Å². The van der Waals surface area contributed by atoms with Crippen LogP contribution in [0, 0.1) is 11.6 Å². The third-order valence-corrected chi connectivity index (χ3v) is 5.52. The summed E-state index contributed by atoms with van der Waals surface area (Å²) in [4.78, 5) is 6.78. The molecule has 31 heavy (non-hydrogen) atoms. The monoisotopic (exact) mass is 424 g/mol. The van der Waals surface area contributed by atoms with Gasteiger partial charge in [-0.3, -0.25) is 0 Å². The van der Waals surface area contributed by atoms with E-state index in [-0.39, 0.29) is 11.5 Å². The number of hydrogen-bond acceptors (Lipinski definition) is 6. The molecule has 0 aliphatic carbocycles. The van der Waals surface area contributed by atoms with Crippen LogP contribution in [-0.4, -0.2) is 31.3 Å². The first-order valence-corrected chi connectivity index (χ1v) is 10.2. The molecule has 7 nitrogen and oxygen atoms in total. The Morgan fingerprint density at radius 3 is 2.74 bits per heavy atom. The Kier molecular flexibility index (Phi) is 4.49. The SMILES string of the molecule is CC(C)(C)c1nnc(-c2cnn3ccc(N4CCCC4c4cc(F)ccc4F)nc23)o1. The molecule has 9 heteroatoms. The summed E-state index contributed by atoms with van der Waals surface area (Å²) in [5, 5.41) is 12.7. The second kappa shape index (κ2) is 7.11. The molecule has 4 heterocycles. The van der Waals surface area contributed by atoms with E-state index in [0.29, 0.717) is 40.9 Å². The van der Waals surface area contributed by atoms with Gasteiger partial charge in [-0.25, -0.2) is 18.3 Å². The summed E-state index contributed by atoms with van der Waals surface area (Å²) in [6.45, 7) is 6.68. The van der Waals surface area contributed by atoms with E-state index in [2.05, 4.69) is 15.3 Å². The van der Waals surface area contributed by atoms with E-state index in [1.807, 2.05) is 31.7 Å². The first kappa shape index (κ1) is 19.6. The highest BCUT2D eigenvalue weighted by molar-refractivity contribution is 5.72. The number of aromatic nitrogens is 5. The lowest BCUT2D eigenvalue weighted by atomic mass is 9.97. The molecule has 3 aromatic heterocycles. The van der Waals surface area contributed by atoms with Crippen molar-refractivity contribution in [3.8, 4) is 11.5 Å². The zero-order valence-electron chi connectivity index (χ0n) is 17.5. The average molecular weight is 424 g/mol. The number of rotatable bonds is 3. The second-order valence-electron chi connectivity index (χ2n) is 8.79. The molecule has 1 saturated heterocycles. The number of hydrogen-bond donors (Lipinski definition) is 0. The van der Waals surface area contributed by atoms with Crippen molar-refractivity contribution in [2.75, 3.05) is 11.4 Å². The molecule has 160 valence electrons. The molecule has 4 aromatic rings. The molecule has 0 amide bonds. The van der Waals surface area contributed by atoms with Gasteiger partial charge in [0.25, 0.3) is 5.89 Å². The summed E-state index contributed by atoms with van der Waals surface area (Å²) in [6.07, 6.45) is 5.01. The quantitative estimate of drug-likeness (QED) is 0.475. The molecule has 1 atom stereocenters. The Morgan fingerprint density at radius 2 is 1.97 bits per heavy atom. The predicted molar refractivity (Wildman–Crippen MR) is 111 cm³/mol. The highest BCUT2D eigenvalue weighted by Gasteiger charge is 2.30. The lowest BCUT2D eigenvalue weighted by Gasteiger charge is -2.26. The third kappa shape index (κ3) is 3.43. The standard InChI is InChI=1S/C22H22F2N6O/c1-22(2,3)21-28-27-20(31-21)15-12-25-30-10-8-18(26-19(15)30)29-9-4-5-17(29)14-11-13(23)6-7-16(14)24/h6-8,10-12,17H,4-5,9H2,1-3H3. The van der Waals surface area contributed by atoms with Crippen molar-refractivity contribution in [1.82, 2.24) is 24.8 Å². The van der Waals surface area contributed by atoms with Crippen LogP contribution in [-0.2, 0) is 5.41 Å². The van der Waals surface area contributed by atoms with E-state index in [1.165, 1.54) is 12.1 Å². The Morgan fingerprint density at radius 1 is 1.13 bits per heavy atom. The van der Waals surface area contributed by atoms with Gasteiger partial charge in [0.15, 0.2) is 5.65 Å². The van der Waals surface area contributed by atoms with E-state index < -0.39 is 11.6 Å². The van der Waals surface area contributed by atoms with Crippen molar-refractivity contribution < 1.29 is 13.2 Å². The number of fused-ring (bicyclic) bond motifs is 1. The maximum atomic E-state index is 14.4. The van der Waals surface area contributed by atoms with E-state index in [9.17, 15) is 8.78 Å². The highest BCUT2D eigenvalue weighted by atomic mass is 19.1. The number of nitrogens with zero attached hydrogens (tertiary/aromatic N) is 6. The summed E-state index contributed by atoms with van der Waals surface area (Å²) in [7, 11) is 0. The molecular formula is C22H22F2N6O. The maximum Gasteiger partial charge on any atom is 0.253 e. The fraction of sp³-hybridized carbons (Fsp3) is 0.364. The fourth-order valence-electron chi connectivity index (χ4n) is 3.94. The maximum absolute atomic E-state index is 14.4. The van der Waals surface area contributed by atoms with Crippen molar-refractivity contribution in [1.29, 1.82) is 0 Å². The third-order valence-electron chi connectivity index (χ3n) is 5.52. The average Bonchev–Trinajstić information content (AvgIpc) is 3.47. The molecular weight excluding hydrogens is 402 g/mol. The van der Waals surface area contributed by atoms with Gasteiger partial charge in [-0.2, -0.15) is 5.10 Å². The normalized spacial score (nSPS) is 17.1. The first-order chi connectivity index (χ1) is 14.8. The Labute approximate surface area is 177 Å². The molecule has 0 bridgehead atoms. The van der Waals surface area contributed by atoms with Crippen LogP contribution in [0.3, 0.4) is 0 Å². The van der Waals surface area contributed by atoms with E-state index in [1.54, 1.807) is 16.9 Å². The van der Waals surface area contributed by atoms with Crippen LogP contribution < -0.4 is 4.90 Å². The van der Waals surface area contributed by atoms with Crippen LogP contribution in [0.15, 0.2) is 41.1 Å². The lowest BCUT2D eigenvalue weighted by molar-refractivity contribution is 0.399. The van der Waals surface area contributed by atoms with Gasteiger partial charge in [-0.15, -0.1) is 10.2 Å². The van der Waals surface area contributed by atoms with E-state index >= 15 is 0 Å². The number of halogens is 2. The minimum Gasteiger partial charge on any atom is -0.420 e. The van der Waals surface area contributed by atoms with Gasteiger partial charge in [0.2, 0.25) is 5.89 Å². The van der Waals surface area contributed by atoms with Crippen LogP contribution in [0.25, 0.3) is 17.1 Å². The predicted octanol–water partition coefficient (Wildman–Crippen LogP) is 4.70. The van der Waals surface area contributed by atoms with Crippen LogP contribution in [0.5, 0.6) is 0 Å². The molecule has 1 aliphatic heterocycles. The molecule has 0 radical (unpaired) electrons. The molecule has 1 aliphatic rings. The van der Waals surface area contributed by atoms with Crippen molar-refractivity contribution in [2.24, 2.45) is 0 Å². The smallest absolute Gasteiger partial charge is 0.253 e. The van der Waals surface area contributed by atoms with Crippen molar-refractivity contribution >= 4 is 11.5 Å². The van der Waals surface area contributed by atoms with Gasteiger partial charge in [0.1, 0.15) is 23.0 Å². The highest BCUT2D eigenvalue weighted by Crippen LogP contribution is 2.37. The number of anilines is 1. The molecule has 1 fully saturated rings. The largest absolute Gasteiger partial charge is 0.420 e. The van der Waals surface area contributed by atoms with Crippen LogP contribution >= 0.6 is 0 Å². The van der Waals surface area contributed by atoms with Crippen LogP contribution in [0.2, 0.25) is 0 Å². The van der Waals surface area contributed by atoms with Gasteiger partial charge in [-0.1, -0.05) is 20.8 Å². The lowest BCUT2D eigenvalue weighted by Crippen LogP contribution is -2.24. The number of benzene rings is 1. The van der Waals surface area contributed by atoms with Gasteiger partial charge in [0.05, 0.1) is 12.2 Å². The minimum atomic E-state index is -0.448. The fourth-order valence-corrected chi connectivity index (χ4v) is 3.94. The van der Waals surface area contributed by atoms with Crippen molar-refractivity contribution in [3.05, 3.63) is 59.7 Å². The van der Waals surface area contributed by atoms with Crippen LogP contribution in [0.4, 0.5) is 14.6 Å². The summed E-state index contributed by atoms with van der Waals surface area (Å²) in [5.74, 6) is 0.676. The topological polar surface area (TPSA) is 72.3 Å². The van der Waals surface area contributed by atoms with Crippen LogP contribution in [0.1, 0.15) is 51.1 Å². The molecule has 0 N–H and O–H groups in total.